The fourth-order valence-electron chi connectivity index (χ4n) is 4.38. The molecule has 0 fully saturated rings. The van der Waals surface area contributed by atoms with Gasteiger partial charge < -0.3 is 19.9 Å². The zero-order valence-corrected chi connectivity index (χ0v) is 24.1. The van der Waals surface area contributed by atoms with Crippen LogP contribution in [0.4, 0.5) is 4.79 Å². The van der Waals surface area contributed by atoms with E-state index < -0.39 is 29.7 Å². The monoisotopic (exact) mass is 533 g/mol. The Balaban J connectivity index is 2.51. The fraction of sp³-hybridized carbons (Fsp3) is 0.710. The summed E-state index contributed by atoms with van der Waals surface area (Å²) in [5.74, 6) is -1.75. The summed E-state index contributed by atoms with van der Waals surface area (Å²) in [7, 11) is 0. The summed E-state index contributed by atoms with van der Waals surface area (Å²) in [6.45, 7) is 7.51. The van der Waals surface area contributed by atoms with Gasteiger partial charge >= 0.3 is 18.0 Å². The molecule has 1 aromatic carbocycles. The first-order valence-electron chi connectivity index (χ1n) is 14.5. The molecule has 0 radical (unpaired) electrons. The van der Waals surface area contributed by atoms with Crippen molar-refractivity contribution in [2.24, 2.45) is 5.92 Å². The Hall–Kier alpha value is -2.57. The van der Waals surface area contributed by atoms with E-state index in [1.807, 2.05) is 30.3 Å². The molecule has 0 aliphatic heterocycles. The summed E-state index contributed by atoms with van der Waals surface area (Å²) in [6.07, 6.45) is 13.7. The number of hydrogen-bond donors (Lipinski definition) is 2. The molecule has 38 heavy (non-hydrogen) atoms. The van der Waals surface area contributed by atoms with Gasteiger partial charge in [-0.15, -0.1) is 0 Å². The summed E-state index contributed by atoms with van der Waals surface area (Å²) in [5, 5.41) is 12.0. The largest absolute Gasteiger partial charge is 0.481 e. The van der Waals surface area contributed by atoms with Crippen LogP contribution in [0.2, 0.25) is 0 Å². The molecule has 0 aliphatic rings. The number of carbonyl (C=O) groups excluding carboxylic acids is 2. The van der Waals surface area contributed by atoms with Crippen LogP contribution in [0.1, 0.15) is 117 Å². The van der Waals surface area contributed by atoms with E-state index in [0.29, 0.717) is 6.42 Å². The van der Waals surface area contributed by atoms with Gasteiger partial charge in [0.05, 0.1) is 13.0 Å². The van der Waals surface area contributed by atoms with E-state index >= 15 is 0 Å². The lowest BCUT2D eigenvalue weighted by Gasteiger charge is -2.23. The molecule has 7 nitrogen and oxygen atoms in total. The lowest BCUT2D eigenvalue weighted by atomic mass is 9.97. The number of benzene rings is 1. The van der Waals surface area contributed by atoms with Gasteiger partial charge in [-0.1, -0.05) is 108 Å². The predicted molar refractivity (Wildman–Crippen MR) is 151 cm³/mol. The second-order valence-electron chi connectivity index (χ2n) is 11.3. The molecule has 0 bridgehead atoms. The molecular weight excluding hydrogens is 482 g/mol. The van der Waals surface area contributed by atoms with Crippen LogP contribution >= 0.6 is 0 Å². The van der Waals surface area contributed by atoms with Gasteiger partial charge in [0.1, 0.15) is 11.6 Å². The van der Waals surface area contributed by atoms with Crippen molar-refractivity contribution in [1.29, 1.82) is 0 Å². The summed E-state index contributed by atoms with van der Waals surface area (Å²) < 4.78 is 10.9. The second kappa shape index (κ2) is 19.5. The SMILES string of the molecule is CCCCCCCCCCCCCC(COC(=O)[C@H](Cc1ccccc1)NC(=O)OC(C)(C)C)CC(=O)O. The van der Waals surface area contributed by atoms with E-state index in [1.54, 1.807) is 20.8 Å². The van der Waals surface area contributed by atoms with Gasteiger partial charge in [0.2, 0.25) is 0 Å². The first-order chi connectivity index (χ1) is 18.1. The van der Waals surface area contributed by atoms with Gasteiger partial charge in [-0.3, -0.25) is 4.79 Å². The van der Waals surface area contributed by atoms with E-state index in [1.165, 1.54) is 51.4 Å². The van der Waals surface area contributed by atoms with Crippen LogP contribution in [0.3, 0.4) is 0 Å². The van der Waals surface area contributed by atoms with Crippen molar-refractivity contribution in [1.82, 2.24) is 5.32 Å². The average Bonchev–Trinajstić information content (AvgIpc) is 2.84. The fourth-order valence-corrected chi connectivity index (χ4v) is 4.38. The molecular formula is C31H51NO6. The molecule has 216 valence electrons. The minimum atomic E-state index is -0.931. The number of amides is 1. The van der Waals surface area contributed by atoms with E-state index in [2.05, 4.69) is 12.2 Å². The maximum absolute atomic E-state index is 13.0. The number of rotatable bonds is 20. The van der Waals surface area contributed by atoms with Crippen LogP contribution in [0, 0.1) is 5.92 Å². The minimum Gasteiger partial charge on any atom is -0.481 e. The second-order valence-corrected chi connectivity index (χ2v) is 11.3. The number of hydrogen-bond acceptors (Lipinski definition) is 5. The van der Waals surface area contributed by atoms with Gasteiger partial charge in [0.25, 0.3) is 0 Å². The highest BCUT2D eigenvalue weighted by atomic mass is 16.6. The molecule has 1 aromatic rings. The van der Waals surface area contributed by atoms with Gasteiger partial charge in [0.15, 0.2) is 0 Å². The van der Waals surface area contributed by atoms with Crippen LogP contribution in [-0.4, -0.2) is 41.4 Å². The number of carboxylic acid groups (broad SMARTS) is 1. The van der Waals surface area contributed by atoms with E-state index in [0.717, 1.165) is 24.8 Å². The molecule has 1 rings (SSSR count). The number of unbranched alkanes of at least 4 members (excludes halogenated alkanes) is 10. The first-order valence-corrected chi connectivity index (χ1v) is 14.5. The summed E-state index contributed by atoms with van der Waals surface area (Å²) in [5.41, 5.74) is 0.167. The third-order valence-corrected chi connectivity index (χ3v) is 6.40. The van der Waals surface area contributed by atoms with E-state index in [-0.39, 0.29) is 25.4 Å². The zero-order chi connectivity index (χ0) is 28.2. The molecule has 0 saturated heterocycles. The van der Waals surface area contributed by atoms with E-state index in [9.17, 15) is 19.5 Å². The molecule has 1 unspecified atom stereocenters. The van der Waals surface area contributed by atoms with Crippen LogP contribution in [0.15, 0.2) is 30.3 Å². The Labute approximate surface area is 230 Å². The summed E-state index contributed by atoms with van der Waals surface area (Å²) >= 11 is 0. The van der Waals surface area contributed by atoms with Gasteiger partial charge in [-0.2, -0.15) is 0 Å². The third-order valence-electron chi connectivity index (χ3n) is 6.40. The maximum atomic E-state index is 13.0. The molecule has 1 amide bonds. The Kier molecular flexibility index (Phi) is 17.2. The Morgan fingerprint density at radius 1 is 0.868 bits per heavy atom. The Morgan fingerprint density at radius 3 is 1.95 bits per heavy atom. The van der Waals surface area contributed by atoms with Gasteiger partial charge in [-0.05, 0) is 32.8 Å². The Morgan fingerprint density at radius 2 is 1.42 bits per heavy atom. The molecule has 2 atom stereocenters. The number of esters is 1. The number of aliphatic carboxylic acids is 1. The van der Waals surface area contributed by atoms with Crippen molar-refractivity contribution < 1.29 is 29.0 Å². The normalized spacial score (nSPS) is 12.9. The minimum absolute atomic E-state index is 0.0180. The molecule has 0 aliphatic carbocycles. The highest BCUT2D eigenvalue weighted by Gasteiger charge is 2.27. The number of carboxylic acids is 1. The lowest BCUT2D eigenvalue weighted by Crippen LogP contribution is -2.45. The molecule has 0 aromatic heterocycles. The highest BCUT2D eigenvalue weighted by molar-refractivity contribution is 5.81. The lowest BCUT2D eigenvalue weighted by molar-refractivity contribution is -0.149. The number of carbonyl (C=O) groups is 3. The first kappa shape index (κ1) is 33.5. The summed E-state index contributed by atoms with van der Waals surface area (Å²) in [4.78, 5) is 36.7. The Bertz CT molecular complexity index is 789. The average molecular weight is 534 g/mol. The van der Waals surface area contributed by atoms with Crippen molar-refractivity contribution in [3.05, 3.63) is 35.9 Å². The molecule has 2 N–H and O–H groups in total. The number of nitrogens with one attached hydrogen (secondary N) is 1. The van der Waals surface area contributed by atoms with Gasteiger partial charge in [-0.25, -0.2) is 9.59 Å². The maximum Gasteiger partial charge on any atom is 0.408 e. The quantitative estimate of drug-likeness (QED) is 0.133. The molecule has 0 heterocycles. The van der Waals surface area contributed by atoms with Crippen LogP contribution in [0.25, 0.3) is 0 Å². The molecule has 7 heteroatoms. The molecule has 0 spiro atoms. The van der Waals surface area contributed by atoms with Crippen molar-refractivity contribution in [3.63, 3.8) is 0 Å². The summed E-state index contributed by atoms with van der Waals surface area (Å²) in [6, 6.07) is 8.42. The van der Waals surface area contributed by atoms with Crippen LogP contribution in [0.5, 0.6) is 0 Å². The van der Waals surface area contributed by atoms with Crippen molar-refractivity contribution in [2.75, 3.05) is 6.61 Å². The van der Waals surface area contributed by atoms with Gasteiger partial charge in [0, 0.05) is 12.3 Å². The highest BCUT2D eigenvalue weighted by Crippen LogP contribution is 2.18. The topological polar surface area (TPSA) is 102 Å². The van der Waals surface area contributed by atoms with Crippen molar-refractivity contribution in [2.45, 2.75) is 129 Å². The van der Waals surface area contributed by atoms with Crippen LogP contribution < -0.4 is 5.32 Å². The van der Waals surface area contributed by atoms with Crippen LogP contribution in [-0.2, 0) is 25.5 Å². The standard InChI is InChI=1S/C31H51NO6/c1-5-6-7-8-9-10-11-12-13-14-16-21-26(23-28(33)34)24-37-29(35)27(22-25-19-17-15-18-20-25)32-30(36)38-31(2,3)4/h15,17-20,26-27H,5-14,16,21-24H2,1-4H3,(H,32,36)(H,33,34)/t26?,27-/m0/s1. The smallest absolute Gasteiger partial charge is 0.408 e. The van der Waals surface area contributed by atoms with Crippen molar-refractivity contribution in [3.8, 4) is 0 Å². The number of ether oxygens (including phenoxy) is 2. The van der Waals surface area contributed by atoms with E-state index in [4.69, 9.17) is 9.47 Å². The third kappa shape index (κ3) is 17.8. The van der Waals surface area contributed by atoms with Crippen molar-refractivity contribution >= 4 is 18.0 Å². The number of alkyl carbamates (subject to hydrolysis) is 1. The molecule has 0 saturated carbocycles. The zero-order valence-electron chi connectivity index (χ0n) is 24.1. The predicted octanol–water partition coefficient (Wildman–Crippen LogP) is 7.46.